The molecule has 0 unspecified atom stereocenters. The van der Waals surface area contributed by atoms with E-state index in [1.165, 1.54) is 0 Å². The summed E-state index contributed by atoms with van der Waals surface area (Å²) in [5, 5.41) is 5.80. The second-order valence-electron chi connectivity index (χ2n) is 13.0. The van der Waals surface area contributed by atoms with Gasteiger partial charge >= 0.3 is 0 Å². The first kappa shape index (κ1) is 31.3. The lowest BCUT2D eigenvalue weighted by Crippen LogP contribution is -2.41. The van der Waals surface area contributed by atoms with Crippen LogP contribution in [0.4, 0.5) is 0 Å². The van der Waals surface area contributed by atoms with Gasteiger partial charge in [-0.1, -0.05) is 52.3 Å². The molecule has 4 aromatic rings. The van der Waals surface area contributed by atoms with Gasteiger partial charge in [0.05, 0.1) is 53.8 Å². The van der Waals surface area contributed by atoms with Crippen molar-refractivity contribution in [1.82, 2.24) is 29.5 Å². The normalized spacial score (nSPS) is 14.4. The zero-order chi connectivity index (χ0) is 30.0. The summed E-state index contributed by atoms with van der Waals surface area (Å²) in [5.74, 6) is 0.741. The first-order chi connectivity index (χ1) is 19.2. The van der Waals surface area contributed by atoms with Crippen molar-refractivity contribution in [2.75, 3.05) is 0 Å². The molecule has 220 valence electrons. The molecule has 0 fully saturated rings. The number of fused-ring (bicyclic) bond motifs is 1. The summed E-state index contributed by atoms with van der Waals surface area (Å²) in [5.41, 5.74) is 4.28. The molecule has 1 aromatic carbocycles. The van der Waals surface area contributed by atoms with Gasteiger partial charge in [-0.2, -0.15) is 5.10 Å². The molecule has 0 saturated heterocycles. The van der Waals surface area contributed by atoms with Gasteiger partial charge in [0, 0.05) is 22.3 Å². The van der Waals surface area contributed by atoms with Crippen molar-refractivity contribution in [2.24, 2.45) is 0 Å². The molecule has 0 saturated carbocycles. The van der Waals surface area contributed by atoms with Gasteiger partial charge in [0.25, 0.3) is 0 Å². The van der Waals surface area contributed by atoms with E-state index in [2.05, 4.69) is 61.7 Å². The summed E-state index contributed by atoms with van der Waals surface area (Å²) in [6.07, 6.45) is 7.13. The fourth-order valence-corrected chi connectivity index (χ4v) is 5.84. The molecular weight excluding hydrogens is 549 g/mol. The van der Waals surface area contributed by atoms with Gasteiger partial charge in [-0.05, 0) is 63.5 Å². The van der Waals surface area contributed by atoms with Gasteiger partial charge < -0.3 is 8.98 Å². The largest absolute Gasteiger partial charge is 0.598 e. The molecule has 0 aliphatic carbocycles. The number of hydrogen-bond donors (Lipinski definition) is 1. The van der Waals surface area contributed by atoms with Crippen LogP contribution in [0, 0.1) is 0 Å². The van der Waals surface area contributed by atoms with Gasteiger partial charge in [-0.25, -0.2) is 14.6 Å². The number of nitrogens with one attached hydrogen (secondary N) is 1. The maximum atomic E-state index is 12.9. The minimum atomic E-state index is -1.89. The maximum Gasteiger partial charge on any atom is 0.192 e. The van der Waals surface area contributed by atoms with Crippen LogP contribution in [0.5, 0.6) is 0 Å². The van der Waals surface area contributed by atoms with E-state index >= 15 is 0 Å². The van der Waals surface area contributed by atoms with Crippen LogP contribution in [0.25, 0.3) is 28.0 Å². The zero-order valence-electron chi connectivity index (χ0n) is 25.9. The average molecular weight is 593 g/mol. The number of hydrogen-bond acceptors (Lipinski definition) is 7. The number of benzene rings is 1. The van der Waals surface area contributed by atoms with Crippen molar-refractivity contribution in [1.29, 1.82) is 0 Å². The highest BCUT2D eigenvalue weighted by Crippen LogP contribution is 2.37. The van der Waals surface area contributed by atoms with Crippen LogP contribution in [-0.2, 0) is 22.4 Å². The monoisotopic (exact) mass is 592 g/mol. The predicted octanol–water partition coefficient (Wildman–Crippen LogP) is 7.29. The van der Waals surface area contributed by atoms with E-state index in [1.54, 1.807) is 12.4 Å². The van der Waals surface area contributed by atoms with Crippen LogP contribution >= 0.6 is 0 Å². The molecule has 0 spiro atoms. The summed E-state index contributed by atoms with van der Waals surface area (Å²) < 4.78 is 24.0. The number of aromatic nitrogens is 5. The topological polar surface area (TPSA) is 101 Å². The molecule has 0 radical (unpaired) electrons. The minimum absolute atomic E-state index is 0.135. The smallest absolute Gasteiger partial charge is 0.192 e. The Morgan fingerprint density at radius 1 is 1.02 bits per heavy atom. The average Bonchev–Trinajstić information content (AvgIpc) is 3.34. The summed E-state index contributed by atoms with van der Waals surface area (Å²) >= 11 is -1.21. The first-order valence-corrected chi connectivity index (χ1v) is 18.3. The first-order valence-electron chi connectivity index (χ1n) is 14.3. The van der Waals surface area contributed by atoms with Crippen molar-refractivity contribution < 1.29 is 8.98 Å². The Bertz CT molecular complexity index is 1480. The summed E-state index contributed by atoms with van der Waals surface area (Å²) in [4.78, 5) is 14.3. The van der Waals surface area contributed by atoms with Crippen LogP contribution in [0.3, 0.4) is 0 Å². The van der Waals surface area contributed by atoms with E-state index in [1.807, 2.05) is 62.0 Å². The van der Waals surface area contributed by atoms with Gasteiger partial charge in [0.1, 0.15) is 4.75 Å². The van der Waals surface area contributed by atoms with Gasteiger partial charge in [0.15, 0.2) is 14.1 Å². The van der Waals surface area contributed by atoms with E-state index in [0.29, 0.717) is 6.61 Å². The van der Waals surface area contributed by atoms with Crippen LogP contribution in [-0.4, -0.2) is 42.3 Å². The molecule has 0 amide bonds. The highest BCUT2D eigenvalue weighted by atomic mass is 32.2. The second-order valence-corrected chi connectivity index (χ2v) is 19.8. The highest BCUT2D eigenvalue weighted by molar-refractivity contribution is 7.90. The van der Waals surface area contributed by atoms with E-state index < -0.39 is 19.7 Å². The highest BCUT2D eigenvalue weighted by Gasteiger charge is 2.37. The second kappa shape index (κ2) is 12.3. The maximum absolute atomic E-state index is 12.9. The third-order valence-electron chi connectivity index (χ3n) is 7.66. The summed E-state index contributed by atoms with van der Waals surface area (Å²) in [7, 11) is -1.89. The van der Waals surface area contributed by atoms with Crippen molar-refractivity contribution in [2.45, 2.75) is 96.8 Å². The fraction of sp³-hybridized carbons (Fsp3) is 0.484. The number of pyridine rings is 1. The molecular formula is C31H44N6O2SSi. The molecule has 3 aromatic heterocycles. The Hall–Kier alpha value is -2.63. The fourth-order valence-electron chi connectivity index (χ4n) is 4.05. The Morgan fingerprint density at radius 3 is 2.46 bits per heavy atom. The van der Waals surface area contributed by atoms with E-state index in [0.717, 1.165) is 52.2 Å². The molecule has 0 aliphatic heterocycles. The molecule has 0 bridgehead atoms. The molecule has 0 aliphatic rings. The number of rotatable bonds is 10. The molecule has 3 heterocycles. The molecule has 41 heavy (non-hydrogen) atoms. The SMILES string of the molecule is CCC[C@H](N[S@+]([O-])C(C)(C)C)c1cncc(-c2ccc3cnn(-c4cccc(CO[Si](C)(C)C(C)(C)C)n4)c3c2)n1. The lowest BCUT2D eigenvalue weighted by Gasteiger charge is -2.36. The lowest BCUT2D eigenvalue weighted by molar-refractivity contribution is 0.272. The van der Waals surface area contributed by atoms with Crippen molar-refractivity contribution in [3.63, 3.8) is 0 Å². The summed E-state index contributed by atoms with van der Waals surface area (Å²) in [6.45, 7) is 19.7. The quantitative estimate of drug-likeness (QED) is 0.152. The third kappa shape index (κ3) is 7.42. The molecule has 2 atom stereocenters. The Balaban J connectivity index is 1.63. The van der Waals surface area contributed by atoms with Crippen molar-refractivity contribution in [3.8, 4) is 17.1 Å². The molecule has 10 heteroatoms. The van der Waals surface area contributed by atoms with Crippen molar-refractivity contribution >= 4 is 30.6 Å². The van der Waals surface area contributed by atoms with E-state index in [-0.39, 0.29) is 15.8 Å². The lowest BCUT2D eigenvalue weighted by atomic mass is 10.1. The van der Waals surface area contributed by atoms with Gasteiger partial charge in [-0.3, -0.25) is 4.98 Å². The van der Waals surface area contributed by atoms with Crippen LogP contribution in [0.1, 0.15) is 78.7 Å². The minimum Gasteiger partial charge on any atom is -0.598 e. The van der Waals surface area contributed by atoms with Gasteiger partial charge in [0.2, 0.25) is 0 Å². The Labute approximate surface area is 248 Å². The van der Waals surface area contributed by atoms with Crippen molar-refractivity contribution in [3.05, 3.63) is 66.4 Å². The molecule has 1 N–H and O–H groups in total. The summed E-state index contributed by atoms with van der Waals surface area (Å²) in [6, 6.07) is 12.0. The van der Waals surface area contributed by atoms with Gasteiger partial charge in [-0.15, -0.1) is 4.72 Å². The van der Waals surface area contributed by atoms with Crippen LogP contribution in [0.15, 0.2) is 55.0 Å². The number of nitrogens with zero attached hydrogens (tertiary/aromatic N) is 5. The predicted molar refractivity (Wildman–Crippen MR) is 171 cm³/mol. The van der Waals surface area contributed by atoms with E-state index in [9.17, 15) is 4.55 Å². The van der Waals surface area contributed by atoms with Crippen LogP contribution in [0.2, 0.25) is 18.1 Å². The zero-order valence-corrected chi connectivity index (χ0v) is 27.7. The Kier molecular flexibility index (Phi) is 9.40. The van der Waals surface area contributed by atoms with Crippen LogP contribution < -0.4 is 4.72 Å². The van der Waals surface area contributed by atoms with E-state index in [4.69, 9.17) is 14.4 Å². The third-order valence-corrected chi connectivity index (χ3v) is 13.7. The molecule has 8 nitrogen and oxygen atoms in total. The molecule has 4 rings (SSSR count). The standard InChI is InChI=1S/C31H44N6O2SSi/c1-10-12-25(36-40(38)30(2,3)4)27-20-32-19-26(35-27)22-15-16-23-18-33-37(28(23)17-22)29-14-11-13-24(34-29)21-39-41(8,9)31(5,6)7/h11,13-20,25,36H,10,12,21H2,1-9H3/t25-,40+/m0/s1. The Morgan fingerprint density at radius 2 is 1.78 bits per heavy atom.